The number of hydrogen-bond acceptors (Lipinski definition) is 1. The minimum atomic E-state index is -0.751. The maximum Gasteiger partial charge on any atom is 0.176 e. The predicted molar refractivity (Wildman–Crippen MR) is 53.6 cm³/mol. The van der Waals surface area contributed by atoms with Crippen LogP contribution in [0, 0.1) is 0 Å². The first kappa shape index (κ1) is 11.2. The van der Waals surface area contributed by atoms with Crippen LogP contribution in [0.4, 0.5) is 0 Å². The summed E-state index contributed by atoms with van der Waals surface area (Å²) in [6.07, 6.45) is 4.00. The van der Waals surface area contributed by atoms with Gasteiger partial charge in [0.25, 0.3) is 0 Å². The Balaban J connectivity index is 3.34. The largest absolute Gasteiger partial charge is 0.420 e. The lowest BCUT2D eigenvalue weighted by Crippen LogP contribution is -2.16. The molecule has 0 aliphatic carbocycles. The molecule has 0 heterocycles. The molecular formula is C9H22OSi. The van der Waals surface area contributed by atoms with Crippen LogP contribution in [0.15, 0.2) is 0 Å². The van der Waals surface area contributed by atoms with Gasteiger partial charge in [0.1, 0.15) is 0 Å². The van der Waals surface area contributed by atoms with E-state index in [0.717, 1.165) is 6.61 Å². The number of hydrogen-bond donors (Lipinski definition) is 0. The van der Waals surface area contributed by atoms with Gasteiger partial charge in [-0.1, -0.05) is 33.1 Å². The Labute approximate surface area is 72.9 Å². The van der Waals surface area contributed by atoms with E-state index in [4.69, 9.17) is 4.43 Å². The van der Waals surface area contributed by atoms with E-state index < -0.39 is 9.04 Å². The molecule has 11 heavy (non-hydrogen) atoms. The summed E-state index contributed by atoms with van der Waals surface area (Å²) < 4.78 is 5.72. The highest BCUT2D eigenvalue weighted by molar-refractivity contribution is 6.51. The first-order valence-electron chi connectivity index (χ1n) is 4.96. The molecule has 0 aliphatic heterocycles. The van der Waals surface area contributed by atoms with E-state index in [-0.39, 0.29) is 0 Å². The van der Waals surface area contributed by atoms with Gasteiger partial charge in [-0.2, -0.15) is 0 Å². The summed E-state index contributed by atoms with van der Waals surface area (Å²) in [5.41, 5.74) is 0. The van der Waals surface area contributed by atoms with Crippen LogP contribution in [0.25, 0.3) is 0 Å². The molecule has 0 saturated heterocycles. The highest BCUT2D eigenvalue weighted by Gasteiger charge is 2.08. The predicted octanol–water partition coefficient (Wildman–Crippen LogP) is 2.96. The van der Waals surface area contributed by atoms with Crippen LogP contribution in [0.1, 0.15) is 40.0 Å². The zero-order chi connectivity index (χ0) is 8.53. The van der Waals surface area contributed by atoms with Crippen LogP contribution in [0.5, 0.6) is 0 Å². The summed E-state index contributed by atoms with van der Waals surface area (Å²) in [6.45, 7) is 7.55. The molecule has 0 N–H and O–H groups in total. The average molecular weight is 174 g/mol. The summed E-state index contributed by atoms with van der Waals surface area (Å²) in [5.74, 6) is 0. The molecule has 0 aromatic rings. The lowest BCUT2D eigenvalue weighted by atomic mass is 10.4. The van der Waals surface area contributed by atoms with Crippen molar-refractivity contribution >= 4 is 9.04 Å². The van der Waals surface area contributed by atoms with Gasteiger partial charge in [0.05, 0.1) is 0 Å². The molecule has 0 rings (SSSR count). The van der Waals surface area contributed by atoms with Crippen molar-refractivity contribution in [3.8, 4) is 0 Å². The van der Waals surface area contributed by atoms with E-state index in [2.05, 4.69) is 20.8 Å². The molecule has 0 aliphatic rings. The highest BCUT2D eigenvalue weighted by Crippen LogP contribution is 2.08. The zero-order valence-corrected chi connectivity index (χ0v) is 9.38. The topological polar surface area (TPSA) is 9.23 Å². The standard InChI is InChI=1S/C9H22OSi/c1-4-7-9-11(8-5-2)10-6-3/h11H,4-9H2,1-3H3. The Bertz CT molecular complexity index is 70.0. The van der Waals surface area contributed by atoms with Gasteiger partial charge in [0, 0.05) is 6.61 Å². The van der Waals surface area contributed by atoms with Crippen molar-refractivity contribution in [2.24, 2.45) is 0 Å². The van der Waals surface area contributed by atoms with E-state index >= 15 is 0 Å². The lowest BCUT2D eigenvalue weighted by Gasteiger charge is -2.13. The monoisotopic (exact) mass is 174 g/mol. The van der Waals surface area contributed by atoms with Crippen molar-refractivity contribution < 1.29 is 4.43 Å². The molecule has 0 bridgehead atoms. The minimum absolute atomic E-state index is 0.751. The van der Waals surface area contributed by atoms with Crippen molar-refractivity contribution in [3.63, 3.8) is 0 Å². The molecule has 1 nitrogen and oxygen atoms in total. The van der Waals surface area contributed by atoms with Crippen LogP contribution in [0.2, 0.25) is 12.1 Å². The summed E-state index contributed by atoms with van der Waals surface area (Å²) in [4.78, 5) is 0. The van der Waals surface area contributed by atoms with Crippen molar-refractivity contribution in [2.45, 2.75) is 52.1 Å². The van der Waals surface area contributed by atoms with E-state index in [1.54, 1.807) is 0 Å². The quantitative estimate of drug-likeness (QED) is 0.539. The fourth-order valence-corrected chi connectivity index (χ4v) is 3.90. The van der Waals surface area contributed by atoms with Crippen molar-refractivity contribution in [3.05, 3.63) is 0 Å². The smallest absolute Gasteiger partial charge is 0.176 e. The second kappa shape index (κ2) is 8.28. The van der Waals surface area contributed by atoms with Gasteiger partial charge >= 0.3 is 0 Å². The molecule has 0 radical (unpaired) electrons. The second-order valence-electron chi connectivity index (χ2n) is 3.01. The molecule has 0 saturated carbocycles. The molecule has 0 fully saturated rings. The molecule has 1 unspecified atom stereocenters. The molecule has 0 spiro atoms. The van der Waals surface area contributed by atoms with Gasteiger partial charge in [0.15, 0.2) is 9.04 Å². The van der Waals surface area contributed by atoms with Crippen LogP contribution in [-0.2, 0) is 4.43 Å². The van der Waals surface area contributed by atoms with Gasteiger partial charge in [-0.05, 0) is 19.0 Å². The van der Waals surface area contributed by atoms with Crippen molar-refractivity contribution in [1.29, 1.82) is 0 Å². The summed E-state index contributed by atoms with van der Waals surface area (Å²) in [5, 5.41) is 0. The SMILES string of the molecule is CCCC[SiH](CCC)OCC. The van der Waals surface area contributed by atoms with Gasteiger partial charge in [-0.25, -0.2) is 0 Å². The van der Waals surface area contributed by atoms with E-state index in [0.29, 0.717) is 0 Å². The first-order chi connectivity index (χ1) is 5.35. The van der Waals surface area contributed by atoms with Gasteiger partial charge in [-0.15, -0.1) is 0 Å². The van der Waals surface area contributed by atoms with Crippen LogP contribution in [-0.4, -0.2) is 15.6 Å². The molecule has 68 valence electrons. The number of rotatable bonds is 7. The highest BCUT2D eigenvalue weighted by atomic mass is 28.3. The van der Waals surface area contributed by atoms with E-state index in [9.17, 15) is 0 Å². The summed E-state index contributed by atoms with van der Waals surface area (Å²) in [6, 6.07) is 2.76. The minimum Gasteiger partial charge on any atom is -0.420 e. The maximum absolute atomic E-state index is 5.72. The Morgan fingerprint density at radius 2 is 1.73 bits per heavy atom. The normalized spacial score (nSPS) is 13.4. The first-order valence-corrected chi connectivity index (χ1v) is 7.07. The fourth-order valence-electron chi connectivity index (χ4n) is 1.30. The van der Waals surface area contributed by atoms with Crippen LogP contribution < -0.4 is 0 Å². The van der Waals surface area contributed by atoms with Crippen molar-refractivity contribution in [2.75, 3.05) is 6.61 Å². The molecule has 0 amide bonds. The fraction of sp³-hybridized carbons (Fsp3) is 1.00. The van der Waals surface area contributed by atoms with Crippen LogP contribution >= 0.6 is 0 Å². The molecule has 1 atom stereocenters. The average Bonchev–Trinajstić information content (AvgIpc) is 2.01. The second-order valence-corrected chi connectivity index (χ2v) is 5.74. The van der Waals surface area contributed by atoms with Gasteiger partial charge in [-0.3, -0.25) is 0 Å². The summed E-state index contributed by atoms with van der Waals surface area (Å²) in [7, 11) is -0.751. The number of unbranched alkanes of at least 4 members (excludes halogenated alkanes) is 1. The third-order valence-corrected chi connectivity index (χ3v) is 4.97. The Hall–Kier alpha value is 0.177. The van der Waals surface area contributed by atoms with Gasteiger partial charge in [0.2, 0.25) is 0 Å². The van der Waals surface area contributed by atoms with E-state index in [1.807, 2.05) is 0 Å². The molecule has 0 aromatic heterocycles. The lowest BCUT2D eigenvalue weighted by molar-refractivity contribution is 0.339. The zero-order valence-electron chi connectivity index (χ0n) is 8.23. The molecule has 0 aromatic carbocycles. The molecular weight excluding hydrogens is 152 g/mol. The Morgan fingerprint density at radius 1 is 1.00 bits per heavy atom. The van der Waals surface area contributed by atoms with Crippen LogP contribution in [0.3, 0.4) is 0 Å². The Kier molecular flexibility index (Phi) is 8.41. The summed E-state index contributed by atoms with van der Waals surface area (Å²) >= 11 is 0. The van der Waals surface area contributed by atoms with Gasteiger partial charge < -0.3 is 4.43 Å². The maximum atomic E-state index is 5.72. The third-order valence-electron chi connectivity index (χ3n) is 1.89. The molecule has 2 heteroatoms. The Morgan fingerprint density at radius 3 is 2.18 bits per heavy atom. The van der Waals surface area contributed by atoms with Crippen molar-refractivity contribution in [1.82, 2.24) is 0 Å². The van der Waals surface area contributed by atoms with E-state index in [1.165, 1.54) is 31.4 Å². The third kappa shape index (κ3) is 6.57.